The molecule has 3 heterocycles. The van der Waals surface area contributed by atoms with Crippen LogP contribution in [0.4, 0.5) is 0 Å². The van der Waals surface area contributed by atoms with Crippen LogP contribution in [0.25, 0.3) is 82.5 Å². The fourth-order valence-corrected chi connectivity index (χ4v) is 7.75. The molecule has 0 atom stereocenters. The molecule has 218 valence electrons. The normalized spacial score (nSPS) is 11.8. The summed E-state index contributed by atoms with van der Waals surface area (Å²) >= 11 is 0. The number of nitrogens with zero attached hydrogens (tertiary/aromatic N) is 4. The maximum absolute atomic E-state index is 10.8. The van der Waals surface area contributed by atoms with Crippen LogP contribution in [0.5, 0.6) is 0 Å². The Morgan fingerprint density at radius 3 is 1.53 bits per heavy atom. The Kier molecular flexibility index (Phi) is 5.32. The molecule has 0 aliphatic rings. The van der Waals surface area contributed by atoms with Crippen molar-refractivity contribution in [2.45, 2.75) is 0 Å². The summed E-state index contributed by atoms with van der Waals surface area (Å²) in [5, 5.41) is 17.8. The third-order valence-electron chi connectivity index (χ3n) is 9.65. The largest absolute Gasteiger partial charge is 0.309 e. The number of rotatable bonds is 3. The first-order valence-corrected chi connectivity index (χ1v) is 15.9. The maximum Gasteiger partial charge on any atom is 0.101 e. The molecule has 0 radical (unpaired) electrons. The van der Waals surface area contributed by atoms with Crippen molar-refractivity contribution in [3.8, 4) is 23.1 Å². The van der Waals surface area contributed by atoms with Crippen molar-refractivity contribution in [1.29, 1.82) is 5.26 Å². The number of hydrogen-bond donors (Lipinski definition) is 0. The van der Waals surface area contributed by atoms with Gasteiger partial charge < -0.3 is 13.7 Å². The Bertz CT molecular complexity index is 2900. The van der Waals surface area contributed by atoms with Crippen LogP contribution >= 0.6 is 0 Å². The molecule has 0 fully saturated rings. The molecule has 0 aliphatic heterocycles. The van der Waals surface area contributed by atoms with Gasteiger partial charge in [-0.15, -0.1) is 0 Å². The summed E-state index contributed by atoms with van der Waals surface area (Å²) in [6, 6.07) is 58.1. The lowest BCUT2D eigenvalue weighted by atomic mass is 10.1. The molecule has 0 saturated heterocycles. The highest BCUT2D eigenvalue weighted by Crippen LogP contribution is 2.43. The number of nitriles is 1. The summed E-state index contributed by atoms with van der Waals surface area (Å²) in [4.78, 5) is 0. The molecule has 4 nitrogen and oxygen atoms in total. The first-order valence-electron chi connectivity index (χ1n) is 15.9. The Hall–Kier alpha value is -6.57. The van der Waals surface area contributed by atoms with Crippen LogP contribution in [-0.4, -0.2) is 13.7 Å². The second-order valence-corrected chi connectivity index (χ2v) is 12.1. The molecule has 0 amide bonds. The molecule has 3 aromatic heterocycles. The first-order chi connectivity index (χ1) is 23.3. The third-order valence-corrected chi connectivity index (χ3v) is 9.65. The van der Waals surface area contributed by atoms with Gasteiger partial charge >= 0.3 is 0 Å². The number of fused-ring (bicyclic) bond motifs is 10. The zero-order chi connectivity index (χ0) is 31.1. The van der Waals surface area contributed by atoms with Crippen molar-refractivity contribution in [2.75, 3.05) is 0 Å². The van der Waals surface area contributed by atoms with Gasteiger partial charge in [0.15, 0.2) is 0 Å². The number of para-hydroxylation sites is 5. The molecule has 0 unspecified atom stereocenters. The van der Waals surface area contributed by atoms with E-state index in [-0.39, 0.29) is 0 Å². The fourth-order valence-electron chi connectivity index (χ4n) is 7.75. The maximum atomic E-state index is 10.8. The van der Waals surface area contributed by atoms with Gasteiger partial charge in [0, 0.05) is 43.7 Å². The summed E-state index contributed by atoms with van der Waals surface area (Å²) in [6.45, 7) is 0. The fraction of sp³-hybridized carbons (Fsp3) is 0. The lowest BCUT2D eigenvalue weighted by Gasteiger charge is -2.13. The lowest BCUT2D eigenvalue weighted by molar-refractivity contribution is 1.16. The Balaban J connectivity index is 1.40. The molecule has 0 aliphatic carbocycles. The van der Waals surface area contributed by atoms with E-state index in [1.165, 1.54) is 16.2 Å². The highest BCUT2D eigenvalue weighted by atomic mass is 15.0. The predicted molar refractivity (Wildman–Crippen MR) is 194 cm³/mol. The number of benzene rings is 7. The summed E-state index contributed by atoms with van der Waals surface area (Å²) in [6.07, 6.45) is 0. The van der Waals surface area contributed by atoms with Crippen molar-refractivity contribution >= 4 is 65.4 Å². The number of hydrogen-bond acceptors (Lipinski definition) is 1. The van der Waals surface area contributed by atoms with Crippen LogP contribution in [0.15, 0.2) is 158 Å². The smallest absolute Gasteiger partial charge is 0.101 e. The molecule has 10 rings (SSSR count). The summed E-state index contributed by atoms with van der Waals surface area (Å²) < 4.78 is 6.96. The van der Waals surface area contributed by atoms with E-state index in [1.54, 1.807) is 0 Å². The van der Waals surface area contributed by atoms with Crippen LogP contribution in [0.1, 0.15) is 5.56 Å². The SMILES string of the molecule is N#Cc1cc2c(cc1-n1c3ccccc3c3ccc4c(c5ccccc5n4-c4ccccc4)c31)c1ccccc1n2-c1ccccc1. The van der Waals surface area contributed by atoms with Crippen LogP contribution in [0.2, 0.25) is 0 Å². The second-order valence-electron chi connectivity index (χ2n) is 12.1. The van der Waals surface area contributed by atoms with Crippen LogP contribution in [-0.2, 0) is 0 Å². The summed E-state index contributed by atoms with van der Waals surface area (Å²) in [7, 11) is 0. The van der Waals surface area contributed by atoms with Gasteiger partial charge in [-0.05, 0) is 60.7 Å². The predicted octanol–water partition coefficient (Wildman–Crippen LogP) is 10.8. The Labute approximate surface area is 270 Å². The van der Waals surface area contributed by atoms with E-state index in [0.29, 0.717) is 5.56 Å². The minimum Gasteiger partial charge on any atom is -0.309 e. The van der Waals surface area contributed by atoms with E-state index in [9.17, 15) is 5.26 Å². The highest BCUT2D eigenvalue weighted by molar-refractivity contribution is 6.26. The number of aromatic nitrogens is 3. The van der Waals surface area contributed by atoms with Gasteiger partial charge in [0.2, 0.25) is 0 Å². The topological polar surface area (TPSA) is 38.6 Å². The molecule has 0 saturated carbocycles. The third kappa shape index (κ3) is 3.51. The van der Waals surface area contributed by atoms with Crippen molar-refractivity contribution in [1.82, 2.24) is 13.7 Å². The van der Waals surface area contributed by atoms with Gasteiger partial charge in [-0.2, -0.15) is 5.26 Å². The van der Waals surface area contributed by atoms with Gasteiger partial charge in [0.1, 0.15) is 6.07 Å². The zero-order valence-electron chi connectivity index (χ0n) is 25.3. The van der Waals surface area contributed by atoms with E-state index in [4.69, 9.17) is 0 Å². The summed E-state index contributed by atoms with van der Waals surface area (Å²) in [5.74, 6) is 0. The molecule has 10 aromatic rings. The average Bonchev–Trinajstić information content (AvgIpc) is 3.77. The van der Waals surface area contributed by atoms with Crippen LogP contribution in [0, 0.1) is 11.3 Å². The Morgan fingerprint density at radius 1 is 0.383 bits per heavy atom. The molecule has 4 heteroatoms. The van der Waals surface area contributed by atoms with Gasteiger partial charge in [0.25, 0.3) is 0 Å². The van der Waals surface area contributed by atoms with E-state index in [1.807, 2.05) is 6.07 Å². The molecule has 0 bridgehead atoms. The van der Waals surface area contributed by atoms with Crippen molar-refractivity contribution in [3.63, 3.8) is 0 Å². The van der Waals surface area contributed by atoms with E-state index in [2.05, 4.69) is 171 Å². The lowest BCUT2D eigenvalue weighted by Crippen LogP contribution is -2.00. The van der Waals surface area contributed by atoms with E-state index < -0.39 is 0 Å². The average molecular weight is 599 g/mol. The first kappa shape index (κ1) is 25.7. The Morgan fingerprint density at radius 2 is 0.894 bits per heavy atom. The van der Waals surface area contributed by atoms with Gasteiger partial charge in [-0.3, -0.25) is 0 Å². The van der Waals surface area contributed by atoms with Crippen molar-refractivity contribution in [3.05, 3.63) is 163 Å². The molecular formula is C43H26N4. The zero-order valence-corrected chi connectivity index (χ0v) is 25.3. The minimum atomic E-state index is 0.629. The molecule has 0 N–H and O–H groups in total. The standard InChI is InChI=1S/C43H26N4/c44-27-28-25-41-35(32-18-8-10-20-36(32)46(41)30-15-5-2-6-16-30)26-40(28)47-37-21-11-7-17-31(37)33-23-24-39-42(43(33)47)34-19-9-12-22-38(34)45(39)29-13-3-1-4-14-29/h1-26H. The van der Waals surface area contributed by atoms with Crippen LogP contribution < -0.4 is 0 Å². The van der Waals surface area contributed by atoms with Gasteiger partial charge in [-0.25, -0.2) is 0 Å². The quantitative estimate of drug-likeness (QED) is 0.199. The highest BCUT2D eigenvalue weighted by Gasteiger charge is 2.23. The van der Waals surface area contributed by atoms with Crippen LogP contribution in [0.3, 0.4) is 0 Å². The minimum absolute atomic E-state index is 0.629. The van der Waals surface area contributed by atoms with E-state index in [0.717, 1.165) is 66.3 Å². The molecule has 7 aromatic carbocycles. The monoisotopic (exact) mass is 598 g/mol. The molecule has 47 heavy (non-hydrogen) atoms. The second kappa shape index (κ2) is 9.71. The van der Waals surface area contributed by atoms with Gasteiger partial charge in [-0.1, -0.05) is 97.1 Å². The van der Waals surface area contributed by atoms with Gasteiger partial charge in [0.05, 0.1) is 44.4 Å². The molecule has 0 spiro atoms. The van der Waals surface area contributed by atoms with Crippen molar-refractivity contribution < 1.29 is 0 Å². The van der Waals surface area contributed by atoms with Crippen molar-refractivity contribution in [2.24, 2.45) is 0 Å². The molecular weight excluding hydrogens is 573 g/mol. The van der Waals surface area contributed by atoms with E-state index >= 15 is 0 Å². The summed E-state index contributed by atoms with van der Waals surface area (Å²) in [5.41, 5.74) is 10.3.